The maximum absolute atomic E-state index is 9.79. The molecule has 0 radical (unpaired) electrons. The minimum absolute atomic E-state index is 0.514. The standard InChI is InChI=1S/C71H39N7S2/c72-40-42-22-26-44(27-23-42)47-30-32-55(61(38-47)77-57-18-8-4-16-53(57)65-59(77)36-34-51-49-14-6-10-20-63(49)79-67(51)65)70-74-69(46-12-2-1-3-13-46)75-71(76-70)56-33-31-48(45-28-24-43(41-73)25-29-45)39-62(56)78-58-19-9-5-17-54(58)66-60(78)37-35-52-50-15-7-11-21-64(50)80-68(52)66/h1-39H. The first-order valence-electron chi connectivity index (χ1n) is 26.4. The average molecular weight is 1050 g/mol. The molecule has 5 aromatic heterocycles. The Hall–Kier alpha value is -10.6. The summed E-state index contributed by atoms with van der Waals surface area (Å²) >= 11 is 3.67. The molecule has 370 valence electrons. The van der Waals surface area contributed by atoms with Gasteiger partial charge >= 0.3 is 0 Å². The molecular weight excluding hydrogens is 1010 g/mol. The minimum Gasteiger partial charge on any atom is -0.308 e. The Morgan fingerprint density at radius 1 is 0.312 bits per heavy atom. The van der Waals surface area contributed by atoms with Crippen molar-refractivity contribution < 1.29 is 0 Å². The van der Waals surface area contributed by atoms with E-state index >= 15 is 0 Å². The van der Waals surface area contributed by atoms with Gasteiger partial charge in [0.2, 0.25) is 0 Å². The van der Waals surface area contributed by atoms with Crippen LogP contribution in [0.15, 0.2) is 237 Å². The number of nitrogens with zero attached hydrogens (tertiary/aromatic N) is 7. The maximum atomic E-state index is 9.79. The molecule has 0 bridgehead atoms. The van der Waals surface area contributed by atoms with Gasteiger partial charge in [0.1, 0.15) is 0 Å². The van der Waals surface area contributed by atoms with Crippen molar-refractivity contribution in [2.75, 3.05) is 0 Å². The smallest absolute Gasteiger partial charge is 0.166 e. The van der Waals surface area contributed by atoms with Gasteiger partial charge in [-0.2, -0.15) is 10.5 Å². The van der Waals surface area contributed by atoms with Crippen LogP contribution >= 0.6 is 22.7 Å². The molecule has 0 atom stereocenters. The molecule has 0 N–H and O–H groups in total. The highest BCUT2D eigenvalue weighted by atomic mass is 32.1. The van der Waals surface area contributed by atoms with E-state index in [9.17, 15) is 10.5 Å². The third kappa shape index (κ3) is 7.06. The second-order valence-corrected chi connectivity index (χ2v) is 22.2. The quantitative estimate of drug-likeness (QED) is 0.158. The molecule has 11 aromatic carbocycles. The normalized spacial score (nSPS) is 11.7. The number of hydrogen-bond donors (Lipinski definition) is 0. The van der Waals surface area contributed by atoms with Crippen LogP contribution in [0.2, 0.25) is 0 Å². The molecular formula is C71H39N7S2. The van der Waals surface area contributed by atoms with Crippen molar-refractivity contribution in [3.05, 3.63) is 248 Å². The van der Waals surface area contributed by atoms with Crippen LogP contribution < -0.4 is 0 Å². The Morgan fingerprint density at radius 3 is 1.18 bits per heavy atom. The van der Waals surface area contributed by atoms with Gasteiger partial charge in [-0.05, 0) is 107 Å². The summed E-state index contributed by atoms with van der Waals surface area (Å²) in [5.41, 5.74) is 13.7. The highest BCUT2D eigenvalue weighted by Gasteiger charge is 2.25. The zero-order chi connectivity index (χ0) is 53.0. The zero-order valence-corrected chi connectivity index (χ0v) is 44.1. The SMILES string of the molecule is N#Cc1ccc(-c2ccc(-c3nc(-c4ccccc4)nc(-c4ccc(-c5ccc(C#N)cc5)cc4-n4c5ccccc5c5c6sc7ccccc7c6ccc54)n3)c(-n3c4ccccc4c4c5sc6ccccc6c5ccc43)c2)cc1. The highest BCUT2D eigenvalue weighted by Crippen LogP contribution is 2.47. The Kier molecular flexibility index (Phi) is 10.3. The largest absolute Gasteiger partial charge is 0.308 e. The molecule has 80 heavy (non-hydrogen) atoms. The van der Waals surface area contributed by atoms with E-state index in [2.05, 4.69) is 191 Å². The lowest BCUT2D eigenvalue weighted by molar-refractivity contribution is 1.06. The molecule has 7 nitrogen and oxygen atoms in total. The first-order valence-corrected chi connectivity index (χ1v) is 28.0. The van der Waals surface area contributed by atoms with Crippen LogP contribution in [0.1, 0.15) is 11.1 Å². The lowest BCUT2D eigenvalue weighted by atomic mass is 9.99. The average Bonchev–Trinajstić information content (AvgIpc) is 4.47. The predicted octanol–water partition coefficient (Wildman–Crippen LogP) is 18.9. The van der Waals surface area contributed by atoms with Gasteiger partial charge in [-0.15, -0.1) is 22.7 Å². The van der Waals surface area contributed by atoms with Gasteiger partial charge in [0.25, 0.3) is 0 Å². The Bertz CT molecular complexity index is 5010. The van der Waals surface area contributed by atoms with Crippen molar-refractivity contribution in [1.29, 1.82) is 10.5 Å². The molecule has 16 rings (SSSR count). The monoisotopic (exact) mass is 1050 g/mol. The van der Waals surface area contributed by atoms with Gasteiger partial charge in [0, 0.05) is 78.6 Å². The number of benzene rings is 11. The third-order valence-corrected chi connectivity index (χ3v) is 18.1. The molecule has 0 spiro atoms. The van der Waals surface area contributed by atoms with Crippen molar-refractivity contribution in [1.82, 2.24) is 24.1 Å². The van der Waals surface area contributed by atoms with Crippen molar-refractivity contribution in [3.8, 4) is 79.9 Å². The molecule has 0 aliphatic carbocycles. The van der Waals surface area contributed by atoms with Crippen molar-refractivity contribution in [2.45, 2.75) is 0 Å². The fourth-order valence-corrected chi connectivity index (χ4v) is 14.5. The minimum atomic E-state index is 0.514. The number of fused-ring (bicyclic) bond motifs is 14. The third-order valence-electron chi connectivity index (χ3n) is 15.7. The summed E-state index contributed by atoms with van der Waals surface area (Å²) in [6, 6.07) is 87.1. The summed E-state index contributed by atoms with van der Waals surface area (Å²) in [7, 11) is 0. The molecule has 0 aliphatic rings. The second kappa shape index (κ2) is 18.0. The summed E-state index contributed by atoms with van der Waals surface area (Å²) in [4.78, 5) is 16.6. The van der Waals surface area contributed by atoms with Crippen LogP contribution in [0.5, 0.6) is 0 Å². The molecule has 0 saturated carbocycles. The Balaban J connectivity index is 0.991. The summed E-state index contributed by atoms with van der Waals surface area (Å²) < 4.78 is 9.75. The van der Waals surface area contributed by atoms with E-state index in [1.807, 2.05) is 89.4 Å². The fourth-order valence-electron chi connectivity index (χ4n) is 12.0. The molecule has 5 heterocycles. The number of nitriles is 2. The number of thiophene rings is 2. The molecule has 0 amide bonds. The maximum Gasteiger partial charge on any atom is 0.166 e. The predicted molar refractivity (Wildman–Crippen MR) is 331 cm³/mol. The van der Waals surface area contributed by atoms with E-state index in [1.54, 1.807) is 0 Å². The van der Waals surface area contributed by atoms with E-state index in [1.165, 1.54) is 51.1 Å². The summed E-state index contributed by atoms with van der Waals surface area (Å²) in [5.74, 6) is 1.57. The van der Waals surface area contributed by atoms with Gasteiger partial charge < -0.3 is 9.13 Å². The first-order chi connectivity index (χ1) is 39.6. The summed E-state index contributed by atoms with van der Waals surface area (Å²) in [6.45, 7) is 0. The van der Waals surface area contributed by atoms with Gasteiger partial charge in [-0.1, -0.05) is 152 Å². The lowest BCUT2D eigenvalue weighted by Crippen LogP contribution is -2.06. The number of rotatable bonds is 7. The summed E-state index contributed by atoms with van der Waals surface area (Å²) in [6.07, 6.45) is 0. The fraction of sp³-hybridized carbons (Fsp3) is 0. The van der Waals surface area contributed by atoms with E-state index < -0.39 is 0 Å². The van der Waals surface area contributed by atoms with Crippen LogP contribution in [0.4, 0.5) is 0 Å². The van der Waals surface area contributed by atoms with Crippen LogP contribution in [0.25, 0.3) is 152 Å². The number of para-hydroxylation sites is 2. The number of aromatic nitrogens is 5. The van der Waals surface area contributed by atoms with Gasteiger partial charge in [0.05, 0.1) is 56.7 Å². The number of hydrogen-bond acceptors (Lipinski definition) is 7. The lowest BCUT2D eigenvalue weighted by Gasteiger charge is -2.18. The molecule has 16 aromatic rings. The molecule has 0 saturated heterocycles. The van der Waals surface area contributed by atoms with Gasteiger partial charge in [-0.25, -0.2) is 15.0 Å². The molecule has 0 aliphatic heterocycles. The highest BCUT2D eigenvalue weighted by molar-refractivity contribution is 7.27. The Morgan fingerprint density at radius 2 is 0.713 bits per heavy atom. The van der Waals surface area contributed by atoms with Crippen LogP contribution in [0, 0.1) is 22.7 Å². The van der Waals surface area contributed by atoms with Crippen molar-refractivity contribution in [2.24, 2.45) is 0 Å². The van der Waals surface area contributed by atoms with Crippen LogP contribution in [-0.2, 0) is 0 Å². The van der Waals surface area contributed by atoms with E-state index in [4.69, 9.17) is 15.0 Å². The van der Waals surface area contributed by atoms with Crippen molar-refractivity contribution in [3.63, 3.8) is 0 Å². The summed E-state index contributed by atoms with van der Waals surface area (Å²) in [5, 5.41) is 29.3. The molecule has 0 fully saturated rings. The van der Waals surface area contributed by atoms with E-state index in [-0.39, 0.29) is 0 Å². The second-order valence-electron chi connectivity index (χ2n) is 20.1. The molecule has 0 unspecified atom stereocenters. The van der Waals surface area contributed by atoms with Gasteiger partial charge in [0.15, 0.2) is 17.5 Å². The topological polar surface area (TPSA) is 96.1 Å². The van der Waals surface area contributed by atoms with E-state index in [0.29, 0.717) is 28.6 Å². The van der Waals surface area contributed by atoms with Crippen molar-refractivity contribution >= 4 is 107 Å². The Labute approximate surface area is 466 Å². The van der Waals surface area contributed by atoms with Crippen LogP contribution in [-0.4, -0.2) is 24.1 Å². The van der Waals surface area contributed by atoms with Gasteiger partial charge in [-0.3, -0.25) is 0 Å². The van der Waals surface area contributed by atoms with Crippen LogP contribution in [0.3, 0.4) is 0 Å². The molecule has 9 heteroatoms. The zero-order valence-electron chi connectivity index (χ0n) is 42.5. The van der Waals surface area contributed by atoms with E-state index in [0.717, 1.165) is 83.2 Å². The first kappa shape index (κ1) is 45.6.